The van der Waals surface area contributed by atoms with Crippen LogP contribution >= 0.6 is 0 Å². The van der Waals surface area contributed by atoms with Crippen molar-refractivity contribution in [2.75, 3.05) is 0 Å². The molecule has 0 radical (unpaired) electrons. The molecule has 0 unspecified atom stereocenters. The standard InChI is InChI=1S/C31H17F5/c32-27-16-19-9-10-20(15-21(19)17-28(27)33)30-25-7-3-1-5-23(25)29(24-6-2-4-8-26(24)30)18-11-13-22(14-12-18)31(34,35)36/h1-17H. The number of rotatable bonds is 2. The van der Waals surface area contributed by atoms with Gasteiger partial charge in [0.1, 0.15) is 0 Å². The molecule has 0 saturated heterocycles. The second-order valence-corrected chi connectivity index (χ2v) is 8.74. The van der Waals surface area contributed by atoms with Gasteiger partial charge in [-0.05, 0) is 84.9 Å². The molecule has 0 aliphatic heterocycles. The Morgan fingerprint density at radius 2 is 0.889 bits per heavy atom. The van der Waals surface area contributed by atoms with E-state index in [1.807, 2.05) is 60.7 Å². The predicted molar refractivity (Wildman–Crippen MR) is 135 cm³/mol. The van der Waals surface area contributed by atoms with E-state index in [1.165, 1.54) is 24.3 Å². The maximum absolute atomic E-state index is 14.0. The Labute approximate surface area is 203 Å². The van der Waals surface area contributed by atoms with Crippen LogP contribution in [-0.2, 0) is 6.18 Å². The molecule has 0 aliphatic carbocycles. The largest absolute Gasteiger partial charge is 0.416 e. The van der Waals surface area contributed by atoms with E-state index < -0.39 is 23.4 Å². The molecule has 0 spiro atoms. The molecule has 0 heterocycles. The maximum Gasteiger partial charge on any atom is 0.416 e. The molecule has 0 nitrogen and oxygen atoms in total. The molecule has 6 aromatic carbocycles. The molecule has 0 aromatic heterocycles. The SMILES string of the molecule is Fc1cc2ccc(-c3c4ccccc4c(-c4ccc(C(F)(F)F)cc4)c4ccccc34)cc2cc1F. The van der Waals surface area contributed by atoms with Gasteiger partial charge in [-0.25, -0.2) is 8.78 Å². The van der Waals surface area contributed by atoms with Crippen LogP contribution in [0.25, 0.3) is 54.6 Å². The van der Waals surface area contributed by atoms with Crippen LogP contribution in [0.4, 0.5) is 22.0 Å². The van der Waals surface area contributed by atoms with E-state index in [-0.39, 0.29) is 0 Å². The van der Waals surface area contributed by atoms with E-state index >= 15 is 0 Å². The monoisotopic (exact) mass is 484 g/mol. The van der Waals surface area contributed by atoms with Crippen molar-refractivity contribution in [3.05, 3.63) is 120 Å². The van der Waals surface area contributed by atoms with Crippen molar-refractivity contribution in [3.63, 3.8) is 0 Å². The van der Waals surface area contributed by atoms with E-state index in [1.54, 1.807) is 6.07 Å². The molecule has 176 valence electrons. The Kier molecular flexibility index (Phi) is 5.04. The number of benzene rings is 6. The molecule has 0 aliphatic rings. The van der Waals surface area contributed by atoms with Crippen molar-refractivity contribution in [2.24, 2.45) is 0 Å². The third kappa shape index (κ3) is 3.59. The van der Waals surface area contributed by atoms with Crippen molar-refractivity contribution in [1.82, 2.24) is 0 Å². The zero-order valence-electron chi connectivity index (χ0n) is 18.7. The van der Waals surface area contributed by atoms with Gasteiger partial charge in [-0.1, -0.05) is 72.8 Å². The van der Waals surface area contributed by atoms with Crippen LogP contribution in [0.3, 0.4) is 0 Å². The van der Waals surface area contributed by atoms with Crippen molar-refractivity contribution >= 4 is 32.3 Å². The highest BCUT2D eigenvalue weighted by atomic mass is 19.4. The van der Waals surface area contributed by atoms with Crippen LogP contribution in [0, 0.1) is 11.6 Å². The fourth-order valence-electron chi connectivity index (χ4n) is 4.97. The summed E-state index contributed by atoms with van der Waals surface area (Å²) in [6, 6.07) is 28.5. The molecule has 0 N–H and O–H groups in total. The molecule has 6 rings (SSSR count). The van der Waals surface area contributed by atoms with Crippen molar-refractivity contribution in [2.45, 2.75) is 6.18 Å². The minimum absolute atomic E-state index is 0.575. The fraction of sp³-hybridized carbons (Fsp3) is 0.0323. The first-order valence-corrected chi connectivity index (χ1v) is 11.3. The molecule has 0 fully saturated rings. The molecule has 0 saturated carbocycles. The zero-order valence-corrected chi connectivity index (χ0v) is 18.7. The van der Waals surface area contributed by atoms with Gasteiger partial charge in [-0.2, -0.15) is 13.2 Å². The highest BCUT2D eigenvalue weighted by Crippen LogP contribution is 2.44. The van der Waals surface area contributed by atoms with Gasteiger partial charge in [0, 0.05) is 0 Å². The van der Waals surface area contributed by atoms with Crippen LogP contribution in [0.1, 0.15) is 5.56 Å². The lowest BCUT2D eigenvalue weighted by atomic mass is 9.85. The topological polar surface area (TPSA) is 0 Å². The van der Waals surface area contributed by atoms with Crippen LogP contribution in [0.2, 0.25) is 0 Å². The van der Waals surface area contributed by atoms with Gasteiger partial charge in [-0.3, -0.25) is 0 Å². The lowest BCUT2D eigenvalue weighted by Crippen LogP contribution is -2.04. The molecular weight excluding hydrogens is 467 g/mol. The van der Waals surface area contributed by atoms with Gasteiger partial charge in [-0.15, -0.1) is 0 Å². The zero-order chi connectivity index (χ0) is 25.0. The van der Waals surface area contributed by atoms with Gasteiger partial charge in [0.2, 0.25) is 0 Å². The second kappa shape index (κ2) is 8.16. The average Bonchev–Trinajstić information content (AvgIpc) is 2.87. The van der Waals surface area contributed by atoms with E-state index in [4.69, 9.17) is 0 Å². The Hall–Kier alpha value is -4.25. The van der Waals surface area contributed by atoms with Gasteiger partial charge >= 0.3 is 6.18 Å². The van der Waals surface area contributed by atoms with Crippen molar-refractivity contribution < 1.29 is 22.0 Å². The first-order chi connectivity index (χ1) is 17.3. The third-order valence-electron chi connectivity index (χ3n) is 6.60. The molecule has 36 heavy (non-hydrogen) atoms. The summed E-state index contributed by atoms with van der Waals surface area (Å²) < 4.78 is 67.3. The van der Waals surface area contributed by atoms with Crippen LogP contribution < -0.4 is 0 Å². The van der Waals surface area contributed by atoms with Crippen LogP contribution in [-0.4, -0.2) is 0 Å². The third-order valence-corrected chi connectivity index (χ3v) is 6.60. The second-order valence-electron chi connectivity index (χ2n) is 8.74. The highest BCUT2D eigenvalue weighted by Gasteiger charge is 2.30. The lowest BCUT2D eigenvalue weighted by Gasteiger charge is -2.18. The van der Waals surface area contributed by atoms with Gasteiger partial charge in [0.25, 0.3) is 0 Å². The summed E-state index contributed by atoms with van der Waals surface area (Å²) in [6.07, 6.45) is -4.41. The van der Waals surface area contributed by atoms with E-state index in [9.17, 15) is 22.0 Å². The normalized spacial score (nSPS) is 12.0. The molecular formula is C31H17F5. The molecule has 0 amide bonds. The Morgan fingerprint density at radius 1 is 0.444 bits per heavy atom. The molecule has 5 heteroatoms. The molecule has 6 aromatic rings. The average molecular weight is 484 g/mol. The minimum Gasteiger partial charge on any atom is -0.204 e. The molecule has 0 bridgehead atoms. The number of halogens is 5. The summed E-state index contributed by atoms with van der Waals surface area (Å²) in [5, 5.41) is 4.76. The van der Waals surface area contributed by atoms with Gasteiger partial charge in [0.05, 0.1) is 5.56 Å². The Bertz CT molecular complexity index is 1720. The number of hydrogen-bond acceptors (Lipinski definition) is 0. The van der Waals surface area contributed by atoms with E-state index in [0.717, 1.165) is 50.4 Å². The van der Waals surface area contributed by atoms with Crippen LogP contribution in [0.5, 0.6) is 0 Å². The summed E-state index contributed by atoms with van der Waals surface area (Å²) in [6.45, 7) is 0. The number of alkyl halides is 3. The van der Waals surface area contributed by atoms with Crippen molar-refractivity contribution in [1.29, 1.82) is 0 Å². The molecule has 0 atom stereocenters. The predicted octanol–water partition coefficient (Wildman–Crippen LogP) is 9.78. The number of hydrogen-bond donors (Lipinski definition) is 0. The summed E-state index contributed by atoms with van der Waals surface area (Å²) in [5.74, 6) is -1.81. The highest BCUT2D eigenvalue weighted by molar-refractivity contribution is 6.21. The summed E-state index contributed by atoms with van der Waals surface area (Å²) in [4.78, 5) is 0. The van der Waals surface area contributed by atoms with E-state index in [2.05, 4.69) is 0 Å². The van der Waals surface area contributed by atoms with Crippen molar-refractivity contribution in [3.8, 4) is 22.3 Å². The smallest absolute Gasteiger partial charge is 0.204 e. The lowest BCUT2D eigenvalue weighted by molar-refractivity contribution is -0.137. The number of fused-ring (bicyclic) bond motifs is 3. The van der Waals surface area contributed by atoms with Gasteiger partial charge in [0.15, 0.2) is 11.6 Å². The Morgan fingerprint density at radius 3 is 1.39 bits per heavy atom. The Balaban J connectivity index is 1.67. The summed E-state index contributed by atoms with van der Waals surface area (Å²) >= 11 is 0. The van der Waals surface area contributed by atoms with Gasteiger partial charge < -0.3 is 0 Å². The maximum atomic E-state index is 14.0. The summed E-state index contributed by atoms with van der Waals surface area (Å²) in [5.41, 5.74) is 2.57. The summed E-state index contributed by atoms with van der Waals surface area (Å²) in [7, 11) is 0. The minimum atomic E-state index is -4.41. The quantitative estimate of drug-likeness (QED) is 0.169. The van der Waals surface area contributed by atoms with Crippen LogP contribution in [0.15, 0.2) is 103 Å². The fourth-order valence-corrected chi connectivity index (χ4v) is 4.97. The first kappa shape index (κ1) is 22.2. The first-order valence-electron chi connectivity index (χ1n) is 11.3. The van der Waals surface area contributed by atoms with E-state index in [0.29, 0.717) is 16.3 Å².